The lowest BCUT2D eigenvalue weighted by molar-refractivity contribution is 0.489. The molecule has 134 valence electrons. The first-order chi connectivity index (χ1) is 12.4. The van der Waals surface area contributed by atoms with Gasteiger partial charge in [-0.25, -0.2) is 4.99 Å². The average Bonchev–Trinajstić information content (AvgIpc) is 3.02. The number of aromatic nitrogens is 2. The van der Waals surface area contributed by atoms with Crippen LogP contribution in [-0.4, -0.2) is 21.0 Å². The molecule has 0 aliphatic carbocycles. The standard InChI is InChI=1S/C19H19Cl2N5/c1-13(6-8-23-15(3)20)24-14(2)12-26-9-7-19(25-26)16-4-5-17(11-22)18(21)10-16/h4-10,14,24H,1,12H2,2-3H3/b8-6-,23-15?/t14-/m0/s1. The lowest BCUT2D eigenvalue weighted by atomic mass is 10.1. The fraction of sp³-hybridized carbons (Fsp3) is 0.211. The van der Waals surface area contributed by atoms with Crippen molar-refractivity contribution in [3.05, 3.63) is 65.6 Å². The molecule has 1 aromatic heterocycles. The number of hydrogen-bond donors (Lipinski definition) is 1. The van der Waals surface area contributed by atoms with Crippen LogP contribution in [0.5, 0.6) is 0 Å². The van der Waals surface area contributed by atoms with E-state index in [2.05, 4.69) is 22.0 Å². The molecular formula is C19H19Cl2N5. The van der Waals surface area contributed by atoms with Gasteiger partial charge in [-0.1, -0.05) is 35.8 Å². The Kier molecular flexibility index (Phi) is 7.02. The summed E-state index contributed by atoms with van der Waals surface area (Å²) in [5.41, 5.74) is 2.86. The summed E-state index contributed by atoms with van der Waals surface area (Å²) >= 11 is 11.8. The Labute approximate surface area is 163 Å². The highest BCUT2D eigenvalue weighted by molar-refractivity contribution is 6.64. The Morgan fingerprint density at radius 1 is 1.50 bits per heavy atom. The van der Waals surface area contributed by atoms with Crippen molar-refractivity contribution in [1.29, 1.82) is 5.26 Å². The Bertz CT molecular complexity index is 886. The van der Waals surface area contributed by atoms with Crippen LogP contribution in [0, 0.1) is 11.3 Å². The fourth-order valence-corrected chi connectivity index (χ4v) is 2.58. The van der Waals surface area contributed by atoms with Gasteiger partial charge in [0, 0.05) is 29.7 Å². The van der Waals surface area contributed by atoms with Gasteiger partial charge in [0.05, 0.1) is 22.8 Å². The number of allylic oxidation sites excluding steroid dienone is 1. The zero-order valence-corrected chi connectivity index (χ0v) is 16.1. The molecule has 2 rings (SSSR count). The Morgan fingerprint density at radius 2 is 2.27 bits per heavy atom. The smallest absolute Gasteiger partial charge is 0.103 e. The van der Waals surface area contributed by atoms with Crippen molar-refractivity contribution in [2.75, 3.05) is 0 Å². The second-order valence-corrected chi connectivity index (χ2v) is 6.70. The van der Waals surface area contributed by atoms with Crippen molar-refractivity contribution >= 4 is 28.4 Å². The third kappa shape index (κ3) is 5.76. The molecule has 0 aliphatic rings. The van der Waals surface area contributed by atoms with Crippen molar-refractivity contribution in [3.8, 4) is 17.3 Å². The zero-order chi connectivity index (χ0) is 19.1. The minimum atomic E-state index is 0.116. The van der Waals surface area contributed by atoms with E-state index >= 15 is 0 Å². The first-order valence-corrected chi connectivity index (χ1v) is 8.70. The number of nitrogens with zero attached hydrogens (tertiary/aromatic N) is 4. The van der Waals surface area contributed by atoms with Crippen LogP contribution in [0.3, 0.4) is 0 Å². The van der Waals surface area contributed by atoms with Gasteiger partial charge in [0.2, 0.25) is 0 Å². The highest BCUT2D eigenvalue weighted by atomic mass is 35.5. The van der Waals surface area contributed by atoms with E-state index in [4.69, 9.17) is 28.5 Å². The molecule has 0 fully saturated rings. The van der Waals surface area contributed by atoms with Crippen LogP contribution >= 0.6 is 23.2 Å². The van der Waals surface area contributed by atoms with Crippen LogP contribution < -0.4 is 5.32 Å². The second kappa shape index (κ2) is 9.23. The van der Waals surface area contributed by atoms with Gasteiger partial charge in [-0.05, 0) is 38.1 Å². The van der Waals surface area contributed by atoms with Crippen molar-refractivity contribution in [2.24, 2.45) is 4.99 Å². The Balaban J connectivity index is 1.98. The Morgan fingerprint density at radius 3 is 2.92 bits per heavy atom. The first-order valence-electron chi connectivity index (χ1n) is 7.94. The topological polar surface area (TPSA) is 66.0 Å². The molecule has 5 nitrogen and oxygen atoms in total. The molecule has 26 heavy (non-hydrogen) atoms. The number of nitriles is 1. The van der Waals surface area contributed by atoms with E-state index in [9.17, 15) is 0 Å². The maximum absolute atomic E-state index is 8.95. The molecule has 0 amide bonds. The largest absolute Gasteiger partial charge is 0.381 e. The number of rotatable bonds is 7. The van der Waals surface area contributed by atoms with E-state index in [0.717, 1.165) is 17.0 Å². The van der Waals surface area contributed by atoms with Gasteiger partial charge < -0.3 is 5.32 Å². The van der Waals surface area contributed by atoms with Gasteiger partial charge >= 0.3 is 0 Å². The van der Waals surface area contributed by atoms with Crippen molar-refractivity contribution in [2.45, 2.75) is 26.4 Å². The summed E-state index contributed by atoms with van der Waals surface area (Å²) in [7, 11) is 0. The lowest BCUT2D eigenvalue weighted by Crippen LogP contribution is -2.29. The summed E-state index contributed by atoms with van der Waals surface area (Å²) < 4.78 is 1.84. The van der Waals surface area contributed by atoms with Crippen molar-refractivity contribution < 1.29 is 0 Å². The Hall–Kier alpha value is -2.55. The molecule has 1 aromatic carbocycles. The van der Waals surface area contributed by atoms with Crippen molar-refractivity contribution in [1.82, 2.24) is 15.1 Å². The van der Waals surface area contributed by atoms with Gasteiger partial charge in [-0.15, -0.1) is 0 Å². The fourth-order valence-electron chi connectivity index (χ4n) is 2.30. The number of benzene rings is 1. The van der Waals surface area contributed by atoms with Gasteiger partial charge in [-0.2, -0.15) is 10.4 Å². The van der Waals surface area contributed by atoms with E-state index in [0.29, 0.717) is 22.3 Å². The summed E-state index contributed by atoms with van der Waals surface area (Å²) in [4.78, 5) is 3.96. The molecule has 0 bridgehead atoms. The van der Waals surface area contributed by atoms with Gasteiger partial charge in [0.1, 0.15) is 11.2 Å². The van der Waals surface area contributed by atoms with Crippen LogP contribution in [-0.2, 0) is 6.54 Å². The molecule has 7 heteroatoms. The molecule has 2 aromatic rings. The molecular weight excluding hydrogens is 369 g/mol. The molecule has 1 N–H and O–H groups in total. The second-order valence-electron chi connectivity index (χ2n) is 5.74. The summed E-state index contributed by atoms with van der Waals surface area (Å²) in [5, 5.41) is 17.7. The molecule has 1 atom stereocenters. The highest BCUT2D eigenvalue weighted by Crippen LogP contribution is 2.24. The van der Waals surface area contributed by atoms with Crippen LogP contribution in [0.25, 0.3) is 11.3 Å². The van der Waals surface area contributed by atoms with Crippen LogP contribution in [0.1, 0.15) is 19.4 Å². The van der Waals surface area contributed by atoms with Crippen molar-refractivity contribution in [3.63, 3.8) is 0 Å². The summed E-state index contributed by atoms with van der Waals surface area (Å²) in [6, 6.07) is 9.36. The molecule has 0 saturated heterocycles. The third-order valence-corrected chi connectivity index (χ3v) is 3.86. The van der Waals surface area contributed by atoms with Crippen LogP contribution in [0.15, 0.2) is 60.0 Å². The van der Waals surface area contributed by atoms with E-state index in [1.807, 2.05) is 36.0 Å². The minimum absolute atomic E-state index is 0.116. The quantitative estimate of drug-likeness (QED) is 0.551. The molecule has 0 aliphatic heterocycles. The van der Waals surface area contributed by atoms with Crippen LogP contribution in [0.2, 0.25) is 5.02 Å². The van der Waals surface area contributed by atoms with Gasteiger partial charge in [-0.3, -0.25) is 4.68 Å². The molecule has 0 saturated carbocycles. The number of aliphatic imine (C=N–C) groups is 1. The summed E-state index contributed by atoms with van der Waals surface area (Å²) in [6.07, 6.45) is 5.26. The van der Waals surface area contributed by atoms with E-state index in [-0.39, 0.29) is 6.04 Å². The first kappa shape index (κ1) is 19.8. The maximum Gasteiger partial charge on any atom is 0.103 e. The summed E-state index contributed by atoms with van der Waals surface area (Å²) in [6.45, 7) is 8.34. The van der Waals surface area contributed by atoms with Gasteiger partial charge in [0.15, 0.2) is 0 Å². The maximum atomic E-state index is 8.95. The molecule has 1 heterocycles. The monoisotopic (exact) mass is 387 g/mol. The third-order valence-electron chi connectivity index (χ3n) is 3.45. The number of hydrogen-bond acceptors (Lipinski definition) is 4. The van der Waals surface area contributed by atoms with E-state index < -0.39 is 0 Å². The minimum Gasteiger partial charge on any atom is -0.381 e. The van der Waals surface area contributed by atoms with E-state index in [1.165, 1.54) is 0 Å². The number of nitrogens with one attached hydrogen (secondary N) is 1. The normalized spacial score (nSPS) is 12.8. The highest BCUT2D eigenvalue weighted by Gasteiger charge is 2.08. The summed E-state index contributed by atoms with van der Waals surface area (Å²) in [5.74, 6) is 0. The molecule has 0 unspecified atom stereocenters. The predicted molar refractivity (Wildman–Crippen MR) is 107 cm³/mol. The van der Waals surface area contributed by atoms with E-state index in [1.54, 1.807) is 31.3 Å². The predicted octanol–water partition coefficient (Wildman–Crippen LogP) is 4.74. The zero-order valence-electron chi connectivity index (χ0n) is 14.6. The van der Waals surface area contributed by atoms with Gasteiger partial charge in [0.25, 0.3) is 0 Å². The lowest BCUT2D eigenvalue weighted by Gasteiger charge is -2.15. The average molecular weight is 388 g/mol. The number of halogens is 2. The SMILES string of the molecule is C=C(/C=C\N=C(C)Cl)N[C@@H](C)Cn1ccc(-c2ccc(C#N)c(Cl)c2)n1. The molecule has 0 spiro atoms. The van der Waals surface area contributed by atoms with Crippen LogP contribution in [0.4, 0.5) is 0 Å². The molecule has 0 radical (unpaired) electrons.